The summed E-state index contributed by atoms with van der Waals surface area (Å²) in [7, 11) is 0. The molecule has 3 N–H and O–H groups in total. The van der Waals surface area contributed by atoms with E-state index in [1.54, 1.807) is 4.90 Å². The highest BCUT2D eigenvalue weighted by Gasteiger charge is 2.29. The Balaban J connectivity index is 1.74. The molecule has 0 aliphatic carbocycles. The fraction of sp³-hybridized carbons (Fsp3) is 0.474. The van der Waals surface area contributed by atoms with Crippen molar-refractivity contribution in [3.8, 4) is 0 Å². The van der Waals surface area contributed by atoms with Gasteiger partial charge in [0.1, 0.15) is 6.04 Å². The standard InChI is InChI=1S/C19H26N4O2/c1-3-13(2)17(22-19(25)23-11-4-5-12-23)18(24)21-16-8-6-7-15-14(16)9-10-20-15/h6-10,13,17,20H,3-5,11-12H2,1-2H3,(H,21,24)(H,22,25)/t13?,17-/m0/s1. The molecule has 3 amide bonds. The summed E-state index contributed by atoms with van der Waals surface area (Å²) in [6, 6.07) is 6.99. The van der Waals surface area contributed by atoms with Gasteiger partial charge in [-0.15, -0.1) is 0 Å². The number of anilines is 1. The number of urea groups is 1. The molecule has 6 nitrogen and oxygen atoms in total. The van der Waals surface area contributed by atoms with Crippen LogP contribution in [0.5, 0.6) is 0 Å². The predicted octanol–water partition coefficient (Wildman–Crippen LogP) is 3.33. The third kappa shape index (κ3) is 3.78. The van der Waals surface area contributed by atoms with E-state index in [-0.39, 0.29) is 17.9 Å². The van der Waals surface area contributed by atoms with Gasteiger partial charge in [0.2, 0.25) is 5.91 Å². The SMILES string of the molecule is CCC(C)[C@H](NC(=O)N1CCCC1)C(=O)Nc1cccc2[nH]ccc12. The van der Waals surface area contributed by atoms with E-state index in [1.165, 1.54) is 0 Å². The minimum absolute atomic E-state index is 0.0528. The number of likely N-dealkylation sites (tertiary alicyclic amines) is 1. The van der Waals surface area contributed by atoms with Gasteiger partial charge in [-0.05, 0) is 37.0 Å². The monoisotopic (exact) mass is 342 g/mol. The van der Waals surface area contributed by atoms with Crippen LogP contribution in [0.25, 0.3) is 10.9 Å². The molecule has 3 rings (SSSR count). The maximum Gasteiger partial charge on any atom is 0.318 e. The summed E-state index contributed by atoms with van der Waals surface area (Å²) in [4.78, 5) is 30.2. The van der Waals surface area contributed by atoms with Crippen molar-refractivity contribution in [2.75, 3.05) is 18.4 Å². The largest absolute Gasteiger partial charge is 0.361 e. The van der Waals surface area contributed by atoms with Gasteiger partial charge in [0.15, 0.2) is 0 Å². The second-order valence-electron chi connectivity index (χ2n) is 6.74. The van der Waals surface area contributed by atoms with E-state index in [9.17, 15) is 9.59 Å². The summed E-state index contributed by atoms with van der Waals surface area (Å²) < 4.78 is 0. The lowest BCUT2D eigenvalue weighted by molar-refractivity contribution is -0.119. The number of hydrogen-bond acceptors (Lipinski definition) is 2. The minimum Gasteiger partial charge on any atom is -0.361 e. The van der Waals surface area contributed by atoms with Gasteiger partial charge in [-0.3, -0.25) is 4.79 Å². The average molecular weight is 342 g/mol. The van der Waals surface area contributed by atoms with Crippen LogP contribution in [0.1, 0.15) is 33.1 Å². The fourth-order valence-electron chi connectivity index (χ4n) is 3.25. The Hall–Kier alpha value is -2.50. The molecular formula is C19H26N4O2. The molecular weight excluding hydrogens is 316 g/mol. The van der Waals surface area contributed by atoms with Gasteiger partial charge in [-0.25, -0.2) is 4.79 Å². The number of carbonyl (C=O) groups excluding carboxylic acids is 2. The third-order valence-corrected chi connectivity index (χ3v) is 5.02. The second-order valence-corrected chi connectivity index (χ2v) is 6.74. The normalized spacial score (nSPS) is 16.6. The molecule has 1 aliphatic rings. The number of nitrogens with zero attached hydrogens (tertiary/aromatic N) is 1. The maximum atomic E-state index is 12.9. The number of carbonyl (C=O) groups is 2. The van der Waals surface area contributed by atoms with Crippen LogP contribution in [0, 0.1) is 5.92 Å². The number of benzene rings is 1. The van der Waals surface area contributed by atoms with Crippen molar-refractivity contribution in [3.05, 3.63) is 30.5 Å². The minimum atomic E-state index is -0.549. The van der Waals surface area contributed by atoms with Crippen LogP contribution < -0.4 is 10.6 Å². The molecule has 2 heterocycles. The zero-order valence-corrected chi connectivity index (χ0v) is 14.8. The molecule has 0 radical (unpaired) electrons. The van der Waals surface area contributed by atoms with E-state index in [0.717, 1.165) is 48.9 Å². The summed E-state index contributed by atoms with van der Waals surface area (Å²) in [5, 5.41) is 6.89. The number of aromatic amines is 1. The molecule has 134 valence electrons. The first-order valence-corrected chi connectivity index (χ1v) is 9.02. The van der Waals surface area contributed by atoms with Gasteiger partial charge < -0.3 is 20.5 Å². The molecule has 25 heavy (non-hydrogen) atoms. The summed E-state index contributed by atoms with van der Waals surface area (Å²) in [6.07, 6.45) is 4.72. The Labute approximate surface area is 148 Å². The van der Waals surface area contributed by atoms with Crippen LogP contribution in [-0.4, -0.2) is 41.0 Å². The smallest absolute Gasteiger partial charge is 0.318 e. The molecule has 2 atom stereocenters. The Morgan fingerprint density at radius 2 is 2.00 bits per heavy atom. The predicted molar refractivity (Wildman–Crippen MR) is 99.5 cm³/mol. The van der Waals surface area contributed by atoms with Crippen molar-refractivity contribution >= 4 is 28.5 Å². The van der Waals surface area contributed by atoms with E-state index in [1.807, 2.05) is 44.3 Å². The summed E-state index contributed by atoms with van der Waals surface area (Å²) in [5.74, 6) is -0.118. The van der Waals surface area contributed by atoms with E-state index >= 15 is 0 Å². The number of nitrogens with one attached hydrogen (secondary N) is 3. The highest BCUT2D eigenvalue weighted by Crippen LogP contribution is 2.23. The highest BCUT2D eigenvalue weighted by atomic mass is 16.2. The molecule has 0 spiro atoms. The maximum absolute atomic E-state index is 12.9. The third-order valence-electron chi connectivity index (χ3n) is 5.02. The zero-order valence-electron chi connectivity index (χ0n) is 14.8. The van der Waals surface area contributed by atoms with E-state index in [2.05, 4.69) is 15.6 Å². The van der Waals surface area contributed by atoms with Crippen LogP contribution >= 0.6 is 0 Å². The lowest BCUT2D eigenvalue weighted by atomic mass is 9.98. The van der Waals surface area contributed by atoms with Crippen LogP contribution in [0.4, 0.5) is 10.5 Å². The molecule has 0 bridgehead atoms. The fourth-order valence-corrected chi connectivity index (χ4v) is 3.25. The van der Waals surface area contributed by atoms with Gasteiger partial charge >= 0.3 is 6.03 Å². The second kappa shape index (κ2) is 7.59. The van der Waals surface area contributed by atoms with Gasteiger partial charge in [0, 0.05) is 30.2 Å². The van der Waals surface area contributed by atoms with Gasteiger partial charge in [0.25, 0.3) is 0 Å². The Morgan fingerprint density at radius 1 is 1.24 bits per heavy atom. The summed E-state index contributed by atoms with van der Waals surface area (Å²) in [6.45, 7) is 5.55. The molecule has 1 aliphatic heterocycles. The summed E-state index contributed by atoms with van der Waals surface area (Å²) in [5.41, 5.74) is 1.73. The quantitative estimate of drug-likeness (QED) is 0.779. The molecule has 1 fully saturated rings. The molecule has 1 aromatic carbocycles. The number of aromatic nitrogens is 1. The Kier molecular flexibility index (Phi) is 5.26. The van der Waals surface area contributed by atoms with Crippen LogP contribution in [-0.2, 0) is 4.79 Å². The first kappa shape index (κ1) is 17.3. The number of H-pyrrole nitrogens is 1. The van der Waals surface area contributed by atoms with Gasteiger partial charge in [-0.2, -0.15) is 0 Å². The van der Waals surface area contributed by atoms with E-state index in [0.29, 0.717) is 0 Å². The first-order valence-electron chi connectivity index (χ1n) is 9.02. The molecule has 1 saturated heterocycles. The van der Waals surface area contributed by atoms with E-state index in [4.69, 9.17) is 0 Å². The van der Waals surface area contributed by atoms with Gasteiger partial charge in [0.05, 0.1) is 5.69 Å². The number of fused-ring (bicyclic) bond motifs is 1. The van der Waals surface area contributed by atoms with Crippen molar-refractivity contribution in [2.45, 2.75) is 39.2 Å². The first-order chi connectivity index (χ1) is 12.1. The van der Waals surface area contributed by atoms with Crippen molar-refractivity contribution in [3.63, 3.8) is 0 Å². The van der Waals surface area contributed by atoms with Crippen molar-refractivity contribution < 1.29 is 9.59 Å². The van der Waals surface area contributed by atoms with Crippen LogP contribution in [0.15, 0.2) is 30.5 Å². The van der Waals surface area contributed by atoms with E-state index < -0.39 is 6.04 Å². The highest BCUT2D eigenvalue weighted by molar-refractivity contribution is 6.04. The molecule has 0 saturated carbocycles. The van der Waals surface area contributed by atoms with Crippen molar-refractivity contribution in [1.29, 1.82) is 0 Å². The van der Waals surface area contributed by atoms with Crippen molar-refractivity contribution in [1.82, 2.24) is 15.2 Å². The summed E-state index contributed by atoms with van der Waals surface area (Å²) >= 11 is 0. The molecule has 1 aromatic heterocycles. The Bertz CT molecular complexity index is 749. The van der Waals surface area contributed by atoms with Crippen LogP contribution in [0.3, 0.4) is 0 Å². The lowest BCUT2D eigenvalue weighted by Crippen LogP contribution is -2.51. The number of rotatable bonds is 5. The van der Waals surface area contributed by atoms with Crippen molar-refractivity contribution in [2.24, 2.45) is 5.92 Å². The average Bonchev–Trinajstić information content (AvgIpc) is 3.30. The molecule has 6 heteroatoms. The van der Waals surface area contributed by atoms with Gasteiger partial charge in [-0.1, -0.05) is 26.3 Å². The van der Waals surface area contributed by atoms with Crippen LogP contribution in [0.2, 0.25) is 0 Å². The lowest BCUT2D eigenvalue weighted by Gasteiger charge is -2.26. The number of amides is 3. The zero-order chi connectivity index (χ0) is 17.8. The Morgan fingerprint density at radius 3 is 2.72 bits per heavy atom. The molecule has 1 unspecified atom stereocenters. The topological polar surface area (TPSA) is 77.2 Å². The number of hydrogen-bond donors (Lipinski definition) is 3. The molecule has 2 aromatic rings.